The minimum atomic E-state index is 0.354. The van der Waals surface area contributed by atoms with Gasteiger partial charge in [0.05, 0.1) is 0 Å². The van der Waals surface area contributed by atoms with Crippen LogP contribution < -0.4 is 5.32 Å². The molecule has 0 aromatic carbocycles. The van der Waals surface area contributed by atoms with Crippen molar-refractivity contribution in [3.05, 3.63) is 29.0 Å². The number of nitrogens with zero attached hydrogens (tertiary/aromatic N) is 1. The van der Waals surface area contributed by atoms with Gasteiger partial charge in [-0.15, -0.1) is 0 Å². The zero-order valence-electron chi connectivity index (χ0n) is 8.20. The van der Waals surface area contributed by atoms with E-state index in [-0.39, 0.29) is 0 Å². The Hall–Kier alpha value is -0.250. The predicted octanol–water partition coefficient (Wildman–Crippen LogP) is 2.71. The van der Waals surface area contributed by atoms with Crippen LogP contribution in [0.15, 0.2) is 18.3 Å². The molecule has 78 valence electrons. The number of aromatic nitrogens is 1. The molecule has 0 saturated heterocycles. The molecule has 1 aromatic rings. The maximum absolute atomic E-state index is 5.72. The Morgan fingerprint density at radius 1 is 1.57 bits per heavy atom. The van der Waals surface area contributed by atoms with Crippen LogP contribution >= 0.6 is 24.2 Å². The van der Waals surface area contributed by atoms with Crippen molar-refractivity contribution in [1.29, 1.82) is 0 Å². The number of hydrogen-bond donors (Lipinski definition) is 2. The highest BCUT2D eigenvalue weighted by Gasteiger charge is 2.07. The summed E-state index contributed by atoms with van der Waals surface area (Å²) in [6, 6.07) is 4.18. The van der Waals surface area contributed by atoms with Crippen molar-refractivity contribution in [2.45, 2.75) is 19.4 Å². The smallest absolute Gasteiger partial charge is 0.129 e. The molecule has 0 aliphatic heterocycles. The number of nitrogens with one attached hydrogen (secondary N) is 1. The summed E-state index contributed by atoms with van der Waals surface area (Å²) >= 11 is 9.88. The number of rotatable bonds is 5. The second-order valence-corrected chi connectivity index (χ2v) is 3.89. The molecule has 0 aliphatic rings. The van der Waals surface area contributed by atoms with Crippen molar-refractivity contribution < 1.29 is 0 Å². The molecule has 2 nitrogen and oxygen atoms in total. The van der Waals surface area contributed by atoms with E-state index in [4.69, 9.17) is 11.6 Å². The summed E-state index contributed by atoms with van der Waals surface area (Å²) in [7, 11) is 0. The van der Waals surface area contributed by atoms with Crippen molar-refractivity contribution in [1.82, 2.24) is 10.3 Å². The Kier molecular flexibility index (Phi) is 5.30. The quantitative estimate of drug-likeness (QED) is 0.601. The third-order valence-corrected chi connectivity index (χ3v) is 2.51. The summed E-state index contributed by atoms with van der Waals surface area (Å²) in [5.74, 6) is 0.845. The van der Waals surface area contributed by atoms with Crippen LogP contribution in [0.1, 0.15) is 24.9 Å². The Balaban J connectivity index is 2.64. The van der Waals surface area contributed by atoms with Crippen molar-refractivity contribution in [3.63, 3.8) is 0 Å². The lowest BCUT2D eigenvalue weighted by Gasteiger charge is -2.16. The van der Waals surface area contributed by atoms with Crippen LogP contribution in [0.2, 0.25) is 5.15 Å². The minimum absolute atomic E-state index is 0.354. The summed E-state index contributed by atoms with van der Waals surface area (Å²) in [5.41, 5.74) is 1.18. The molecule has 0 radical (unpaired) electrons. The highest BCUT2D eigenvalue weighted by Crippen LogP contribution is 2.16. The predicted molar refractivity (Wildman–Crippen MR) is 64.1 cm³/mol. The fraction of sp³-hybridized carbons (Fsp3) is 0.500. The first kappa shape index (κ1) is 11.8. The molecule has 1 rings (SSSR count). The third-order valence-electron chi connectivity index (χ3n) is 2.06. The Morgan fingerprint density at radius 2 is 2.36 bits per heavy atom. The van der Waals surface area contributed by atoms with E-state index in [1.165, 1.54) is 5.56 Å². The van der Waals surface area contributed by atoms with Gasteiger partial charge in [0.25, 0.3) is 0 Å². The fourth-order valence-electron chi connectivity index (χ4n) is 1.33. The van der Waals surface area contributed by atoms with Crippen LogP contribution in [0.4, 0.5) is 0 Å². The van der Waals surface area contributed by atoms with E-state index in [9.17, 15) is 0 Å². The van der Waals surface area contributed by atoms with Gasteiger partial charge in [0.1, 0.15) is 5.15 Å². The van der Waals surface area contributed by atoms with Crippen LogP contribution in [0, 0.1) is 0 Å². The molecule has 1 atom stereocenters. The molecule has 0 saturated carbocycles. The highest BCUT2D eigenvalue weighted by atomic mass is 35.5. The van der Waals surface area contributed by atoms with Gasteiger partial charge >= 0.3 is 0 Å². The maximum atomic E-state index is 5.72. The first-order valence-corrected chi connectivity index (χ1v) is 5.74. The summed E-state index contributed by atoms with van der Waals surface area (Å²) in [6.45, 7) is 3.05. The van der Waals surface area contributed by atoms with E-state index in [0.717, 1.165) is 18.7 Å². The summed E-state index contributed by atoms with van der Waals surface area (Å²) in [6.07, 6.45) is 2.86. The molecular formula is C10H15ClN2S. The Bertz CT molecular complexity index is 263. The molecule has 1 N–H and O–H groups in total. The molecule has 0 spiro atoms. The van der Waals surface area contributed by atoms with Gasteiger partial charge < -0.3 is 5.32 Å². The van der Waals surface area contributed by atoms with Gasteiger partial charge in [-0.2, -0.15) is 12.6 Å². The largest absolute Gasteiger partial charge is 0.309 e. The van der Waals surface area contributed by atoms with Crippen molar-refractivity contribution in [2.75, 3.05) is 12.3 Å². The topological polar surface area (TPSA) is 24.9 Å². The lowest BCUT2D eigenvalue weighted by Crippen LogP contribution is -2.22. The number of thiol groups is 1. The lowest BCUT2D eigenvalue weighted by molar-refractivity contribution is 0.538. The van der Waals surface area contributed by atoms with Gasteiger partial charge in [0, 0.05) is 24.5 Å². The maximum Gasteiger partial charge on any atom is 0.129 e. The molecule has 0 amide bonds. The first-order valence-electron chi connectivity index (χ1n) is 4.73. The summed E-state index contributed by atoms with van der Waals surface area (Å²) in [5, 5.41) is 3.93. The zero-order valence-corrected chi connectivity index (χ0v) is 9.85. The van der Waals surface area contributed by atoms with Gasteiger partial charge in [-0.25, -0.2) is 4.98 Å². The fourth-order valence-corrected chi connectivity index (χ4v) is 1.57. The van der Waals surface area contributed by atoms with E-state index in [2.05, 4.69) is 29.9 Å². The van der Waals surface area contributed by atoms with E-state index in [1.54, 1.807) is 0 Å². The molecule has 0 fully saturated rings. The van der Waals surface area contributed by atoms with Crippen LogP contribution in [0.5, 0.6) is 0 Å². The van der Waals surface area contributed by atoms with Crippen LogP contribution in [0.25, 0.3) is 0 Å². The average Bonchev–Trinajstić information content (AvgIpc) is 2.21. The van der Waals surface area contributed by atoms with E-state index >= 15 is 0 Å². The SMILES string of the molecule is CCC(NCCS)c1ccc(Cl)nc1. The van der Waals surface area contributed by atoms with Gasteiger partial charge in [0.15, 0.2) is 0 Å². The van der Waals surface area contributed by atoms with Crippen molar-refractivity contribution in [2.24, 2.45) is 0 Å². The Labute approximate surface area is 95.5 Å². The second kappa shape index (κ2) is 6.27. The Morgan fingerprint density at radius 3 is 2.86 bits per heavy atom. The van der Waals surface area contributed by atoms with Gasteiger partial charge in [-0.1, -0.05) is 24.6 Å². The number of halogens is 1. The van der Waals surface area contributed by atoms with Crippen molar-refractivity contribution >= 4 is 24.2 Å². The van der Waals surface area contributed by atoms with Gasteiger partial charge in [-0.3, -0.25) is 0 Å². The third kappa shape index (κ3) is 3.48. The van der Waals surface area contributed by atoms with E-state index < -0.39 is 0 Å². The summed E-state index contributed by atoms with van der Waals surface area (Å²) in [4.78, 5) is 4.06. The van der Waals surface area contributed by atoms with Crippen LogP contribution in [-0.4, -0.2) is 17.3 Å². The first-order chi connectivity index (χ1) is 6.77. The molecule has 4 heteroatoms. The van der Waals surface area contributed by atoms with Gasteiger partial charge in [-0.05, 0) is 18.1 Å². The molecule has 14 heavy (non-hydrogen) atoms. The van der Waals surface area contributed by atoms with Crippen LogP contribution in [0.3, 0.4) is 0 Å². The van der Waals surface area contributed by atoms with E-state index in [0.29, 0.717) is 11.2 Å². The molecule has 1 heterocycles. The standard InChI is InChI=1S/C10H15ClN2S/c1-2-9(12-5-6-14)8-3-4-10(11)13-7-8/h3-4,7,9,12,14H,2,5-6H2,1H3. The minimum Gasteiger partial charge on any atom is -0.309 e. The van der Waals surface area contributed by atoms with Crippen LogP contribution in [-0.2, 0) is 0 Å². The zero-order chi connectivity index (χ0) is 10.4. The normalized spacial score (nSPS) is 12.8. The molecule has 0 aliphatic carbocycles. The lowest BCUT2D eigenvalue weighted by atomic mass is 10.1. The highest BCUT2D eigenvalue weighted by molar-refractivity contribution is 7.80. The number of hydrogen-bond acceptors (Lipinski definition) is 3. The molecule has 1 aromatic heterocycles. The molecule has 0 bridgehead atoms. The number of pyridine rings is 1. The monoisotopic (exact) mass is 230 g/mol. The average molecular weight is 231 g/mol. The van der Waals surface area contributed by atoms with E-state index in [1.807, 2.05) is 18.3 Å². The van der Waals surface area contributed by atoms with Gasteiger partial charge in [0.2, 0.25) is 0 Å². The molecular weight excluding hydrogens is 216 g/mol. The molecule has 1 unspecified atom stereocenters. The second-order valence-electron chi connectivity index (χ2n) is 3.05. The summed E-state index contributed by atoms with van der Waals surface area (Å²) < 4.78 is 0. The van der Waals surface area contributed by atoms with Crippen molar-refractivity contribution in [3.8, 4) is 0 Å².